The summed E-state index contributed by atoms with van der Waals surface area (Å²) in [6.07, 6.45) is 0. The zero-order valence-corrected chi connectivity index (χ0v) is 10.7. The van der Waals surface area contributed by atoms with Gasteiger partial charge in [0.25, 0.3) is 0 Å². The van der Waals surface area contributed by atoms with Gasteiger partial charge in [0.1, 0.15) is 11.5 Å². The minimum absolute atomic E-state index is 0.0357. The molecule has 5 heteroatoms. The number of hydrogen-bond donors (Lipinski definition) is 3. The third-order valence-electron chi connectivity index (χ3n) is 2.13. The topological polar surface area (TPSA) is 78.1 Å². The molecule has 0 saturated carbocycles. The van der Waals surface area contributed by atoms with Crippen molar-refractivity contribution in [1.29, 1.82) is 5.41 Å². The molecule has 0 atom stereocenters. The number of nitrogens with one attached hydrogen (secondary N) is 3. The molecule has 0 aromatic carbocycles. The fourth-order valence-corrected chi connectivity index (χ4v) is 1.26. The Balaban J connectivity index is 2.51. The van der Waals surface area contributed by atoms with E-state index in [2.05, 4.69) is 31.4 Å². The molecule has 1 aromatic rings. The van der Waals surface area contributed by atoms with Crippen molar-refractivity contribution in [2.75, 3.05) is 0 Å². The maximum atomic E-state index is 11.2. The van der Waals surface area contributed by atoms with E-state index in [1.54, 1.807) is 0 Å². The first-order valence-corrected chi connectivity index (χ1v) is 5.48. The fraction of sp³-hybridized carbons (Fsp3) is 0.500. The molecule has 2 amide bonds. The Morgan fingerprint density at radius 3 is 2.53 bits per heavy atom. The molecule has 17 heavy (non-hydrogen) atoms. The Hall–Kier alpha value is -1.78. The molecular formula is C12H19N3O2. The predicted molar refractivity (Wildman–Crippen MR) is 66.2 cm³/mol. The van der Waals surface area contributed by atoms with E-state index in [4.69, 9.17) is 9.83 Å². The molecule has 0 aliphatic rings. The first kappa shape index (κ1) is 13.3. The van der Waals surface area contributed by atoms with Gasteiger partial charge in [-0.15, -0.1) is 0 Å². The van der Waals surface area contributed by atoms with Crippen LogP contribution in [0, 0.1) is 5.41 Å². The summed E-state index contributed by atoms with van der Waals surface area (Å²) in [7, 11) is 0. The highest BCUT2D eigenvalue weighted by Crippen LogP contribution is 2.23. The van der Waals surface area contributed by atoms with Gasteiger partial charge in [-0.05, 0) is 19.1 Å². The lowest BCUT2D eigenvalue weighted by Crippen LogP contribution is -2.37. The van der Waals surface area contributed by atoms with Crippen molar-refractivity contribution in [3.63, 3.8) is 0 Å². The number of rotatable bonds is 2. The van der Waals surface area contributed by atoms with E-state index in [1.165, 1.54) is 6.92 Å². The van der Waals surface area contributed by atoms with Crippen LogP contribution in [0.4, 0.5) is 4.79 Å². The third-order valence-corrected chi connectivity index (χ3v) is 2.13. The molecule has 0 saturated heterocycles. The summed E-state index contributed by atoms with van der Waals surface area (Å²) in [6.45, 7) is 8.01. The molecular weight excluding hydrogens is 218 g/mol. The van der Waals surface area contributed by atoms with Gasteiger partial charge in [0.15, 0.2) is 0 Å². The zero-order chi connectivity index (χ0) is 13.1. The predicted octanol–water partition coefficient (Wildman–Crippen LogP) is 2.37. The monoisotopic (exact) mass is 237 g/mol. The average Bonchev–Trinajstić information content (AvgIpc) is 2.61. The Labute approximate surface area is 101 Å². The van der Waals surface area contributed by atoms with Crippen molar-refractivity contribution in [1.82, 2.24) is 10.6 Å². The van der Waals surface area contributed by atoms with Gasteiger partial charge >= 0.3 is 6.03 Å². The maximum Gasteiger partial charge on any atom is 0.320 e. The van der Waals surface area contributed by atoms with E-state index in [0.717, 1.165) is 5.76 Å². The summed E-state index contributed by atoms with van der Waals surface area (Å²) in [5, 5.41) is 12.1. The Kier molecular flexibility index (Phi) is 3.93. The van der Waals surface area contributed by atoms with Crippen LogP contribution in [0.1, 0.15) is 39.2 Å². The van der Waals surface area contributed by atoms with E-state index in [0.29, 0.717) is 12.3 Å². The van der Waals surface area contributed by atoms with Gasteiger partial charge in [-0.3, -0.25) is 10.7 Å². The fourth-order valence-electron chi connectivity index (χ4n) is 1.26. The van der Waals surface area contributed by atoms with E-state index in [1.807, 2.05) is 12.1 Å². The van der Waals surface area contributed by atoms with Crippen LogP contribution in [0.5, 0.6) is 0 Å². The highest BCUT2D eigenvalue weighted by Gasteiger charge is 2.18. The average molecular weight is 237 g/mol. The molecule has 0 bridgehead atoms. The quantitative estimate of drug-likeness (QED) is 0.545. The van der Waals surface area contributed by atoms with E-state index < -0.39 is 6.03 Å². The van der Waals surface area contributed by atoms with Crippen molar-refractivity contribution in [3.8, 4) is 0 Å². The molecule has 94 valence electrons. The number of urea groups is 1. The van der Waals surface area contributed by atoms with Crippen LogP contribution in [0.3, 0.4) is 0 Å². The number of hydrogen-bond acceptors (Lipinski definition) is 3. The highest BCUT2D eigenvalue weighted by molar-refractivity contribution is 5.94. The van der Waals surface area contributed by atoms with E-state index in [-0.39, 0.29) is 11.3 Å². The second-order valence-electron chi connectivity index (χ2n) is 4.95. The van der Waals surface area contributed by atoms with Crippen molar-refractivity contribution < 1.29 is 9.21 Å². The summed E-state index contributed by atoms with van der Waals surface area (Å²) in [5.74, 6) is 1.70. The van der Waals surface area contributed by atoms with Gasteiger partial charge in [-0.2, -0.15) is 0 Å². The summed E-state index contributed by atoms with van der Waals surface area (Å²) < 4.78 is 5.61. The number of carbonyl (C=O) groups excluding carboxylic acids is 1. The second kappa shape index (κ2) is 5.03. The second-order valence-corrected chi connectivity index (χ2v) is 4.95. The largest absolute Gasteiger partial charge is 0.464 e. The number of amides is 2. The number of carbonyl (C=O) groups is 1. The van der Waals surface area contributed by atoms with Gasteiger partial charge in [0.05, 0.1) is 12.4 Å². The molecule has 0 aliphatic heterocycles. The van der Waals surface area contributed by atoms with Crippen LogP contribution in [0.15, 0.2) is 16.5 Å². The number of amidine groups is 1. The third kappa shape index (κ3) is 4.30. The normalized spacial score (nSPS) is 11.1. The van der Waals surface area contributed by atoms with Gasteiger partial charge in [0, 0.05) is 5.41 Å². The summed E-state index contributed by atoms with van der Waals surface area (Å²) in [6, 6.07) is 3.36. The molecule has 0 unspecified atom stereocenters. The molecule has 0 spiro atoms. The summed E-state index contributed by atoms with van der Waals surface area (Å²) in [4.78, 5) is 11.2. The van der Waals surface area contributed by atoms with Crippen LogP contribution >= 0.6 is 0 Å². The lowest BCUT2D eigenvalue weighted by Gasteiger charge is -2.14. The maximum absolute atomic E-state index is 11.2. The molecule has 1 aromatic heterocycles. The first-order chi connectivity index (χ1) is 7.79. The van der Waals surface area contributed by atoms with Crippen LogP contribution in [-0.2, 0) is 12.0 Å². The number of furan rings is 1. The van der Waals surface area contributed by atoms with Gasteiger partial charge < -0.3 is 9.73 Å². The molecule has 3 N–H and O–H groups in total. The standard InChI is InChI=1S/C12H19N3O2/c1-8(13)15-11(16)14-7-9-5-6-10(17-9)12(2,3)4/h5-6H,7H2,1-4H3,(H3,13,14,15,16). The van der Waals surface area contributed by atoms with Crippen LogP contribution in [-0.4, -0.2) is 11.9 Å². The Bertz CT molecular complexity index is 416. The molecule has 0 fully saturated rings. The van der Waals surface area contributed by atoms with Gasteiger partial charge in [-0.25, -0.2) is 4.79 Å². The van der Waals surface area contributed by atoms with Crippen molar-refractivity contribution >= 4 is 11.9 Å². The molecule has 0 radical (unpaired) electrons. The van der Waals surface area contributed by atoms with E-state index in [9.17, 15) is 4.79 Å². The first-order valence-electron chi connectivity index (χ1n) is 5.48. The molecule has 0 aliphatic carbocycles. The lowest BCUT2D eigenvalue weighted by molar-refractivity contribution is 0.243. The van der Waals surface area contributed by atoms with Crippen LogP contribution in [0.25, 0.3) is 0 Å². The lowest BCUT2D eigenvalue weighted by atomic mass is 9.94. The molecule has 5 nitrogen and oxygen atoms in total. The summed E-state index contributed by atoms with van der Waals surface area (Å²) >= 11 is 0. The molecule has 1 rings (SSSR count). The molecule has 1 heterocycles. The van der Waals surface area contributed by atoms with Crippen LogP contribution < -0.4 is 10.6 Å². The smallest absolute Gasteiger partial charge is 0.320 e. The van der Waals surface area contributed by atoms with Gasteiger partial charge in [-0.1, -0.05) is 20.8 Å². The van der Waals surface area contributed by atoms with Crippen LogP contribution in [0.2, 0.25) is 0 Å². The SMILES string of the molecule is CC(=N)NC(=O)NCc1ccc(C(C)(C)C)o1. The summed E-state index contributed by atoms with van der Waals surface area (Å²) in [5.41, 5.74) is -0.0357. The zero-order valence-electron chi connectivity index (χ0n) is 10.7. The Morgan fingerprint density at radius 2 is 2.06 bits per heavy atom. The van der Waals surface area contributed by atoms with Crippen molar-refractivity contribution in [2.45, 2.75) is 39.7 Å². The highest BCUT2D eigenvalue weighted by atomic mass is 16.3. The minimum atomic E-state index is -0.397. The Morgan fingerprint density at radius 1 is 1.41 bits per heavy atom. The van der Waals surface area contributed by atoms with E-state index >= 15 is 0 Å². The van der Waals surface area contributed by atoms with Crippen molar-refractivity contribution in [2.24, 2.45) is 0 Å². The minimum Gasteiger partial charge on any atom is -0.464 e. The van der Waals surface area contributed by atoms with Crippen molar-refractivity contribution in [3.05, 3.63) is 23.7 Å². The van der Waals surface area contributed by atoms with Gasteiger partial charge in [0.2, 0.25) is 0 Å².